The summed E-state index contributed by atoms with van der Waals surface area (Å²) in [6, 6.07) is 0.158. The topological polar surface area (TPSA) is 94.5 Å². The molecule has 0 unspecified atom stereocenters. The minimum atomic E-state index is -1.26. The van der Waals surface area contributed by atoms with Crippen LogP contribution in [-0.4, -0.2) is 40.6 Å². The fourth-order valence-electron chi connectivity index (χ4n) is 3.93. The van der Waals surface area contributed by atoms with Gasteiger partial charge in [0.15, 0.2) is 11.6 Å². The predicted octanol–water partition coefficient (Wildman–Crippen LogP) is 2.75. The second-order valence-corrected chi connectivity index (χ2v) is 7.93. The Morgan fingerprint density at radius 1 is 1.33 bits per heavy atom. The van der Waals surface area contributed by atoms with E-state index in [2.05, 4.69) is 10.1 Å². The highest BCUT2D eigenvalue weighted by atomic mass is 19.2. The maximum Gasteiger partial charge on any atom is 0.249 e. The summed E-state index contributed by atoms with van der Waals surface area (Å²) in [6.07, 6.45) is 2.94. The highest BCUT2D eigenvalue weighted by molar-refractivity contribution is 5.77. The van der Waals surface area contributed by atoms with Gasteiger partial charge in [-0.1, -0.05) is 5.16 Å². The van der Waals surface area contributed by atoms with Crippen molar-refractivity contribution in [2.24, 2.45) is 5.73 Å². The van der Waals surface area contributed by atoms with Gasteiger partial charge in [0.05, 0.1) is 0 Å². The predicted molar refractivity (Wildman–Crippen MR) is 98.5 cm³/mol. The quantitative estimate of drug-likeness (QED) is 0.687. The molecule has 1 saturated heterocycles. The van der Waals surface area contributed by atoms with Gasteiger partial charge in [-0.25, -0.2) is 13.2 Å². The first-order chi connectivity index (χ1) is 14.3. The minimum absolute atomic E-state index is 0.0667. The molecule has 30 heavy (non-hydrogen) atoms. The van der Waals surface area contributed by atoms with Crippen molar-refractivity contribution in [2.45, 2.75) is 56.2 Å². The van der Waals surface area contributed by atoms with Crippen LogP contribution >= 0.6 is 0 Å². The molecule has 2 atom stereocenters. The second kappa shape index (κ2) is 7.99. The number of nitrogens with zero attached hydrogens (tertiary/aromatic N) is 3. The van der Waals surface area contributed by atoms with Crippen LogP contribution in [0.25, 0.3) is 0 Å². The van der Waals surface area contributed by atoms with E-state index in [0.717, 1.165) is 25.3 Å². The van der Waals surface area contributed by atoms with Gasteiger partial charge in [-0.3, -0.25) is 4.79 Å². The van der Waals surface area contributed by atoms with E-state index in [0.29, 0.717) is 30.7 Å². The molecule has 2 heterocycles. The summed E-state index contributed by atoms with van der Waals surface area (Å²) in [7, 11) is 1.60. The van der Waals surface area contributed by atoms with Crippen LogP contribution in [0.5, 0.6) is 0 Å². The van der Waals surface area contributed by atoms with E-state index in [1.165, 1.54) is 0 Å². The van der Waals surface area contributed by atoms with Crippen molar-refractivity contribution >= 4 is 5.91 Å². The van der Waals surface area contributed by atoms with Crippen LogP contribution in [0.4, 0.5) is 13.2 Å². The van der Waals surface area contributed by atoms with Crippen molar-refractivity contribution < 1.29 is 27.2 Å². The molecule has 2 aliphatic rings. The number of carbonyl (C=O) groups is 1. The zero-order valence-electron chi connectivity index (χ0n) is 16.5. The van der Waals surface area contributed by atoms with Gasteiger partial charge < -0.3 is 19.9 Å². The number of nitrogens with two attached hydrogens (primary N) is 1. The highest BCUT2D eigenvalue weighted by Gasteiger charge is 2.50. The van der Waals surface area contributed by atoms with Crippen molar-refractivity contribution in [1.29, 1.82) is 0 Å². The van der Waals surface area contributed by atoms with Crippen LogP contribution in [0.3, 0.4) is 0 Å². The molecular formula is C20H23F3N4O3. The molecule has 2 N–H and O–H groups in total. The van der Waals surface area contributed by atoms with Gasteiger partial charge in [0.1, 0.15) is 17.5 Å². The van der Waals surface area contributed by atoms with E-state index in [4.69, 9.17) is 15.0 Å². The number of methoxy groups -OCH3 is 1. The molecule has 162 valence electrons. The number of amides is 1. The molecule has 4 rings (SSSR count). The summed E-state index contributed by atoms with van der Waals surface area (Å²) in [5, 5.41) is 4.02. The number of likely N-dealkylation sites (tertiary alicyclic amines) is 1. The largest absolute Gasteiger partial charge is 0.370 e. The number of rotatable bonds is 7. The minimum Gasteiger partial charge on any atom is -0.370 e. The number of aromatic nitrogens is 2. The molecule has 1 aliphatic heterocycles. The number of halogens is 3. The molecule has 1 aromatic carbocycles. The Kier molecular flexibility index (Phi) is 5.54. The Labute approximate surface area is 171 Å². The van der Waals surface area contributed by atoms with E-state index < -0.39 is 29.1 Å². The lowest BCUT2D eigenvalue weighted by molar-refractivity contribution is -0.132. The summed E-state index contributed by atoms with van der Waals surface area (Å²) in [5.74, 6) is -2.69. The van der Waals surface area contributed by atoms with E-state index in [1.54, 1.807) is 12.0 Å². The first-order valence-corrected chi connectivity index (χ1v) is 9.90. The van der Waals surface area contributed by atoms with Crippen molar-refractivity contribution in [3.63, 3.8) is 0 Å². The van der Waals surface area contributed by atoms with Crippen LogP contribution in [0.15, 0.2) is 16.7 Å². The van der Waals surface area contributed by atoms with Crippen molar-refractivity contribution in [2.75, 3.05) is 13.7 Å². The highest BCUT2D eigenvalue weighted by Crippen LogP contribution is 2.47. The standard InChI is InChI=1S/C20H23F3N4O3/c1-29-20(4-5-20)19-25-18(30-26-19)16-3-2-6-27(16)17(28)9-12(24)7-11-8-14(22)15(23)10-13(11)21/h8,10,12,16H,2-7,9,24H2,1H3/t12-,16+/m1/s1. The number of carbonyl (C=O) groups excluding carboxylic acids is 1. The van der Waals surface area contributed by atoms with E-state index >= 15 is 0 Å². The van der Waals surface area contributed by atoms with Crippen LogP contribution < -0.4 is 5.73 Å². The molecule has 0 bridgehead atoms. The summed E-state index contributed by atoms with van der Waals surface area (Å²) in [6.45, 7) is 0.517. The molecule has 1 aliphatic carbocycles. The van der Waals surface area contributed by atoms with Gasteiger partial charge >= 0.3 is 0 Å². The van der Waals surface area contributed by atoms with Gasteiger partial charge in [-0.05, 0) is 43.7 Å². The van der Waals surface area contributed by atoms with E-state index in [1.807, 2.05) is 0 Å². The zero-order chi connectivity index (χ0) is 21.5. The van der Waals surface area contributed by atoms with Crippen LogP contribution in [-0.2, 0) is 21.6 Å². The van der Waals surface area contributed by atoms with Gasteiger partial charge in [0, 0.05) is 32.2 Å². The van der Waals surface area contributed by atoms with E-state index in [9.17, 15) is 18.0 Å². The Hall–Kier alpha value is -2.46. The first-order valence-electron chi connectivity index (χ1n) is 9.90. The maximum atomic E-state index is 13.9. The molecule has 1 aromatic heterocycles. The first kappa shape index (κ1) is 20.8. The Morgan fingerprint density at radius 3 is 2.77 bits per heavy atom. The number of hydrogen-bond donors (Lipinski definition) is 1. The third-order valence-corrected chi connectivity index (χ3v) is 5.81. The fourth-order valence-corrected chi connectivity index (χ4v) is 3.93. The molecule has 2 fully saturated rings. The average Bonchev–Trinajstić information content (AvgIpc) is 3.12. The molecule has 1 saturated carbocycles. The molecule has 1 amide bonds. The van der Waals surface area contributed by atoms with E-state index in [-0.39, 0.29) is 30.4 Å². The summed E-state index contributed by atoms with van der Waals surface area (Å²) < 4.78 is 51.2. The van der Waals surface area contributed by atoms with Crippen molar-refractivity contribution in [3.8, 4) is 0 Å². The fraction of sp³-hybridized carbons (Fsp3) is 0.550. The molecule has 10 heteroatoms. The molecule has 0 spiro atoms. The van der Waals surface area contributed by atoms with Gasteiger partial charge in [-0.15, -0.1) is 0 Å². The molecular weight excluding hydrogens is 401 g/mol. The Balaban J connectivity index is 1.41. The molecule has 7 nitrogen and oxygen atoms in total. The summed E-state index contributed by atoms with van der Waals surface area (Å²) in [5.41, 5.74) is 5.46. The van der Waals surface area contributed by atoms with Gasteiger partial charge in [0.2, 0.25) is 17.6 Å². The van der Waals surface area contributed by atoms with Crippen molar-refractivity contribution in [3.05, 3.63) is 46.9 Å². The zero-order valence-corrected chi connectivity index (χ0v) is 16.5. The average molecular weight is 424 g/mol. The summed E-state index contributed by atoms with van der Waals surface area (Å²) >= 11 is 0. The lowest BCUT2D eigenvalue weighted by atomic mass is 10.0. The van der Waals surface area contributed by atoms with Crippen LogP contribution in [0, 0.1) is 17.5 Å². The smallest absolute Gasteiger partial charge is 0.249 e. The van der Waals surface area contributed by atoms with Crippen LogP contribution in [0.2, 0.25) is 0 Å². The van der Waals surface area contributed by atoms with Gasteiger partial charge in [-0.2, -0.15) is 4.98 Å². The lowest BCUT2D eigenvalue weighted by Gasteiger charge is -2.23. The van der Waals surface area contributed by atoms with Crippen molar-refractivity contribution in [1.82, 2.24) is 15.0 Å². The normalized spacial score (nSPS) is 21.1. The number of hydrogen-bond acceptors (Lipinski definition) is 6. The third-order valence-electron chi connectivity index (χ3n) is 5.81. The molecule has 0 radical (unpaired) electrons. The van der Waals surface area contributed by atoms with Gasteiger partial charge in [0.25, 0.3) is 0 Å². The maximum absolute atomic E-state index is 13.9. The number of benzene rings is 1. The Bertz CT molecular complexity index is 947. The molecule has 2 aromatic rings. The monoisotopic (exact) mass is 424 g/mol. The van der Waals surface area contributed by atoms with Crippen LogP contribution in [0.1, 0.15) is 55.4 Å². The second-order valence-electron chi connectivity index (χ2n) is 7.93. The third kappa shape index (κ3) is 3.93. The lowest BCUT2D eigenvalue weighted by Crippen LogP contribution is -2.36. The Morgan fingerprint density at radius 2 is 2.07 bits per heavy atom. The summed E-state index contributed by atoms with van der Waals surface area (Å²) in [4.78, 5) is 18.9. The SMILES string of the molecule is COC1(c2noc([C@@H]3CCCN3C(=O)C[C@H](N)Cc3cc(F)c(F)cc3F)n2)CC1. The number of ether oxygens (including phenoxy) is 1.